The van der Waals surface area contributed by atoms with Gasteiger partial charge in [0.05, 0.1) is 13.2 Å². The highest BCUT2D eigenvalue weighted by Gasteiger charge is 2.23. The van der Waals surface area contributed by atoms with E-state index in [2.05, 4.69) is 9.80 Å². The number of carbonyl (C=O) groups is 1. The molecule has 0 N–H and O–H groups in total. The van der Waals surface area contributed by atoms with E-state index in [-0.39, 0.29) is 5.91 Å². The summed E-state index contributed by atoms with van der Waals surface area (Å²) in [5, 5.41) is 5.45. The number of nitrogens with zero attached hydrogens (tertiary/aromatic N) is 6. The van der Waals surface area contributed by atoms with E-state index in [4.69, 9.17) is 28.9 Å². The van der Waals surface area contributed by atoms with Crippen molar-refractivity contribution in [3.8, 4) is 11.4 Å². The molecule has 7 nitrogen and oxygen atoms in total. The fourth-order valence-electron chi connectivity index (χ4n) is 4.14. The van der Waals surface area contributed by atoms with Gasteiger partial charge in [-0.15, -0.1) is 0 Å². The number of piperidine rings is 1. The molecule has 0 aliphatic carbocycles. The van der Waals surface area contributed by atoms with Crippen LogP contribution in [0.1, 0.15) is 19.3 Å². The molecule has 30 heavy (non-hydrogen) atoms. The van der Waals surface area contributed by atoms with Gasteiger partial charge < -0.3 is 9.47 Å². The topological polar surface area (TPSA) is 49.5 Å². The first-order valence-electron chi connectivity index (χ1n) is 10.6. The lowest BCUT2D eigenvalue weighted by molar-refractivity contribution is -0.133. The van der Waals surface area contributed by atoms with Gasteiger partial charge in [-0.2, -0.15) is 5.10 Å². The molecule has 0 radical (unpaired) electrons. The summed E-state index contributed by atoms with van der Waals surface area (Å²) in [5.74, 6) is 1.12. The van der Waals surface area contributed by atoms with Crippen LogP contribution in [-0.4, -0.2) is 80.8 Å². The minimum atomic E-state index is 0.280. The van der Waals surface area contributed by atoms with E-state index in [1.54, 1.807) is 0 Å². The van der Waals surface area contributed by atoms with Crippen LogP contribution in [0.3, 0.4) is 0 Å². The number of benzene rings is 1. The molecule has 1 aromatic heterocycles. The van der Waals surface area contributed by atoms with Crippen LogP contribution < -0.4 is 0 Å². The lowest BCUT2D eigenvalue weighted by Crippen LogP contribution is -2.50. The van der Waals surface area contributed by atoms with Gasteiger partial charge >= 0.3 is 0 Å². The predicted molar refractivity (Wildman–Crippen MR) is 121 cm³/mol. The summed E-state index contributed by atoms with van der Waals surface area (Å²) in [7, 11) is 1.94. The zero-order valence-corrected chi connectivity index (χ0v) is 19.0. The van der Waals surface area contributed by atoms with Crippen LogP contribution in [0.4, 0.5) is 0 Å². The summed E-state index contributed by atoms with van der Waals surface area (Å²) < 4.78 is 4.52. The summed E-state index contributed by atoms with van der Waals surface area (Å²) in [6.45, 7) is 6.64. The molecular weight excluding hydrogens is 420 g/mol. The van der Waals surface area contributed by atoms with E-state index < -0.39 is 0 Å². The van der Waals surface area contributed by atoms with Crippen molar-refractivity contribution in [3.05, 3.63) is 34.1 Å². The molecule has 2 saturated heterocycles. The molecule has 4 rings (SSSR count). The third-order valence-electron chi connectivity index (χ3n) is 6.01. The van der Waals surface area contributed by atoms with Gasteiger partial charge in [0.25, 0.3) is 0 Å². The molecule has 1 amide bonds. The number of hydrogen-bond donors (Lipinski definition) is 0. The van der Waals surface area contributed by atoms with E-state index in [9.17, 15) is 4.79 Å². The Labute approximate surface area is 187 Å². The predicted octanol–water partition coefficient (Wildman–Crippen LogP) is 2.86. The first-order chi connectivity index (χ1) is 14.5. The van der Waals surface area contributed by atoms with Gasteiger partial charge in [-0.1, -0.05) is 11.6 Å². The third-order valence-corrected chi connectivity index (χ3v) is 6.75. The van der Waals surface area contributed by atoms with Crippen LogP contribution >= 0.6 is 23.8 Å². The molecule has 0 unspecified atom stereocenters. The van der Waals surface area contributed by atoms with Crippen molar-refractivity contribution >= 4 is 29.7 Å². The number of piperazine rings is 1. The van der Waals surface area contributed by atoms with E-state index in [0.717, 1.165) is 63.5 Å². The quantitative estimate of drug-likeness (QED) is 0.658. The summed E-state index contributed by atoms with van der Waals surface area (Å²) in [4.78, 5) is 19.2. The average molecular weight is 449 g/mol. The Bertz CT molecular complexity index is 926. The van der Waals surface area contributed by atoms with E-state index in [1.807, 2.05) is 45.5 Å². The first-order valence-corrected chi connectivity index (χ1v) is 11.4. The summed E-state index contributed by atoms with van der Waals surface area (Å²) in [6.07, 6.45) is 3.53. The Kier molecular flexibility index (Phi) is 6.87. The van der Waals surface area contributed by atoms with Gasteiger partial charge in [-0.05, 0) is 55.7 Å². The monoisotopic (exact) mass is 448 g/mol. The van der Waals surface area contributed by atoms with E-state index >= 15 is 0 Å². The minimum absolute atomic E-state index is 0.280. The molecule has 0 spiro atoms. The maximum absolute atomic E-state index is 12.5. The lowest BCUT2D eigenvalue weighted by atomic mass is 10.1. The fraction of sp³-hybridized carbons (Fsp3) is 0.571. The summed E-state index contributed by atoms with van der Waals surface area (Å²) in [5.41, 5.74) is 0.993. The zero-order valence-electron chi connectivity index (χ0n) is 17.5. The van der Waals surface area contributed by atoms with E-state index in [0.29, 0.717) is 23.0 Å². The maximum atomic E-state index is 12.5. The normalized spacial score (nSPS) is 18.7. The number of aromatic nitrogens is 3. The van der Waals surface area contributed by atoms with Crippen LogP contribution in [-0.2, 0) is 18.5 Å². The second-order valence-electron chi connectivity index (χ2n) is 8.15. The molecule has 0 saturated carbocycles. The minimum Gasteiger partial charge on any atom is -0.342 e. The molecule has 1 aromatic carbocycles. The second kappa shape index (κ2) is 9.60. The largest absolute Gasteiger partial charge is 0.342 e. The molecule has 2 aliphatic heterocycles. The van der Waals surface area contributed by atoms with Crippen molar-refractivity contribution in [1.82, 2.24) is 29.0 Å². The maximum Gasteiger partial charge on any atom is 0.236 e. The van der Waals surface area contributed by atoms with Gasteiger partial charge in [0.15, 0.2) is 10.6 Å². The van der Waals surface area contributed by atoms with Crippen molar-refractivity contribution in [2.45, 2.75) is 25.9 Å². The Morgan fingerprint density at radius 1 is 1.00 bits per heavy atom. The molecular formula is C21H29ClN6OS. The van der Waals surface area contributed by atoms with Crippen LogP contribution in [0, 0.1) is 4.77 Å². The molecule has 2 aliphatic rings. The van der Waals surface area contributed by atoms with Gasteiger partial charge in [0, 0.05) is 56.9 Å². The van der Waals surface area contributed by atoms with E-state index in [1.165, 1.54) is 6.42 Å². The second-order valence-corrected chi connectivity index (χ2v) is 8.95. The van der Waals surface area contributed by atoms with Gasteiger partial charge in [0.1, 0.15) is 0 Å². The fourth-order valence-corrected chi connectivity index (χ4v) is 4.45. The number of hydrogen-bond acceptors (Lipinski definition) is 5. The van der Waals surface area contributed by atoms with Gasteiger partial charge in [0.2, 0.25) is 5.91 Å². The molecule has 2 fully saturated rings. The highest BCUT2D eigenvalue weighted by Crippen LogP contribution is 2.20. The van der Waals surface area contributed by atoms with Crippen molar-refractivity contribution < 1.29 is 4.79 Å². The van der Waals surface area contributed by atoms with Crippen LogP contribution in [0.25, 0.3) is 11.4 Å². The Hall–Kier alpha value is -1.74. The van der Waals surface area contributed by atoms with Crippen LogP contribution in [0.2, 0.25) is 5.02 Å². The van der Waals surface area contributed by atoms with Gasteiger partial charge in [-0.25, -0.2) is 4.68 Å². The first kappa shape index (κ1) is 21.5. The summed E-state index contributed by atoms with van der Waals surface area (Å²) >= 11 is 11.6. The standard InChI is InChI=1S/C21H29ClN6OS/c1-24-20(17-5-7-18(22)8-6-17)23-28(21(24)30)16-26-13-11-25(12-14-26)15-19(29)27-9-3-2-4-10-27/h5-8H,2-4,9-16H2,1H3. The molecule has 162 valence electrons. The zero-order chi connectivity index (χ0) is 21.1. The molecule has 3 heterocycles. The van der Waals surface area contributed by atoms with Crippen LogP contribution in [0.15, 0.2) is 24.3 Å². The highest BCUT2D eigenvalue weighted by atomic mass is 35.5. The van der Waals surface area contributed by atoms with Gasteiger partial charge in [-0.3, -0.25) is 14.6 Å². The number of rotatable bonds is 5. The van der Waals surface area contributed by atoms with Crippen molar-refractivity contribution in [2.24, 2.45) is 7.05 Å². The summed E-state index contributed by atoms with van der Waals surface area (Å²) in [6, 6.07) is 7.65. The van der Waals surface area contributed by atoms with Crippen molar-refractivity contribution in [2.75, 3.05) is 45.8 Å². The Morgan fingerprint density at radius 2 is 1.63 bits per heavy atom. The lowest BCUT2D eigenvalue weighted by Gasteiger charge is -2.35. The smallest absolute Gasteiger partial charge is 0.236 e. The average Bonchev–Trinajstić information content (AvgIpc) is 3.05. The number of amides is 1. The molecule has 0 atom stereocenters. The molecule has 0 bridgehead atoms. The number of halogens is 1. The molecule has 9 heteroatoms. The number of carbonyl (C=O) groups excluding carboxylic acids is 1. The Balaban J connectivity index is 1.33. The highest BCUT2D eigenvalue weighted by molar-refractivity contribution is 7.71. The third kappa shape index (κ3) is 4.94. The Morgan fingerprint density at radius 3 is 2.30 bits per heavy atom. The SMILES string of the molecule is Cn1c(-c2ccc(Cl)cc2)nn(CN2CCN(CC(=O)N3CCCCC3)CC2)c1=S. The molecule has 2 aromatic rings. The van der Waals surface area contributed by atoms with Crippen molar-refractivity contribution in [1.29, 1.82) is 0 Å². The van der Waals surface area contributed by atoms with Crippen LogP contribution in [0.5, 0.6) is 0 Å². The van der Waals surface area contributed by atoms with Crippen molar-refractivity contribution in [3.63, 3.8) is 0 Å². The number of likely N-dealkylation sites (tertiary alicyclic amines) is 1.